The molecule has 1 aromatic rings. The summed E-state index contributed by atoms with van der Waals surface area (Å²) in [6, 6.07) is 4.17. The van der Waals surface area contributed by atoms with E-state index in [2.05, 4.69) is 33.1 Å². The number of hydrogen-bond donors (Lipinski definition) is 2. The van der Waals surface area contributed by atoms with Crippen molar-refractivity contribution in [1.29, 1.82) is 0 Å². The summed E-state index contributed by atoms with van der Waals surface area (Å²) >= 11 is 0. The molecule has 1 aromatic heterocycles. The maximum Gasteiger partial charge on any atom is 0.103 e. The summed E-state index contributed by atoms with van der Waals surface area (Å²) in [5.41, 5.74) is 2.75. The first-order chi connectivity index (χ1) is 8.84. The summed E-state index contributed by atoms with van der Waals surface area (Å²) < 4.78 is 11.5. The van der Waals surface area contributed by atoms with Gasteiger partial charge in [-0.1, -0.05) is 0 Å². The molecule has 1 aliphatic heterocycles. The van der Waals surface area contributed by atoms with E-state index < -0.39 is 0 Å². The Balaban J connectivity index is 2.01. The van der Waals surface area contributed by atoms with Gasteiger partial charge < -0.3 is 9.15 Å². The minimum atomic E-state index is -0.149. The van der Waals surface area contributed by atoms with E-state index in [0.717, 1.165) is 25.0 Å². The third-order valence-corrected chi connectivity index (χ3v) is 4.13. The van der Waals surface area contributed by atoms with Gasteiger partial charge in [-0.2, -0.15) is 0 Å². The van der Waals surface area contributed by atoms with Crippen molar-refractivity contribution in [2.24, 2.45) is 11.8 Å². The van der Waals surface area contributed by atoms with Crippen LogP contribution < -0.4 is 11.3 Å². The van der Waals surface area contributed by atoms with Crippen molar-refractivity contribution in [1.82, 2.24) is 5.43 Å². The van der Waals surface area contributed by atoms with Crippen LogP contribution in [0.15, 0.2) is 22.8 Å². The van der Waals surface area contributed by atoms with Crippen LogP contribution in [-0.2, 0) is 11.2 Å². The summed E-state index contributed by atoms with van der Waals surface area (Å²) in [4.78, 5) is 0. The van der Waals surface area contributed by atoms with Crippen molar-refractivity contribution in [2.45, 2.75) is 64.2 Å². The summed E-state index contributed by atoms with van der Waals surface area (Å²) in [6.07, 6.45) is 4.59. The van der Waals surface area contributed by atoms with Gasteiger partial charge in [-0.05, 0) is 52.7 Å². The molecule has 4 heteroatoms. The minimum Gasteiger partial charge on any atom is -0.469 e. The van der Waals surface area contributed by atoms with E-state index in [0.29, 0.717) is 5.92 Å². The highest BCUT2D eigenvalue weighted by atomic mass is 16.5. The summed E-state index contributed by atoms with van der Waals surface area (Å²) in [5.74, 6) is 7.18. The molecule has 0 amide bonds. The van der Waals surface area contributed by atoms with Crippen LogP contribution in [-0.4, -0.2) is 17.2 Å². The summed E-state index contributed by atoms with van der Waals surface area (Å²) in [6.45, 7) is 8.61. The topological polar surface area (TPSA) is 60.4 Å². The highest BCUT2D eigenvalue weighted by Crippen LogP contribution is 2.44. The van der Waals surface area contributed by atoms with Gasteiger partial charge in [0.05, 0.1) is 17.5 Å². The van der Waals surface area contributed by atoms with Crippen LogP contribution in [0.2, 0.25) is 0 Å². The first-order valence-electron chi connectivity index (χ1n) is 7.03. The molecule has 108 valence electrons. The number of nitrogens with two attached hydrogens (primary N) is 1. The Morgan fingerprint density at radius 2 is 2.16 bits per heavy atom. The fourth-order valence-electron chi connectivity index (χ4n) is 3.38. The lowest BCUT2D eigenvalue weighted by Gasteiger charge is -2.32. The lowest BCUT2D eigenvalue weighted by atomic mass is 9.80. The number of aryl methyl sites for hydroxylation is 1. The molecule has 1 saturated heterocycles. The van der Waals surface area contributed by atoms with Gasteiger partial charge in [-0.25, -0.2) is 0 Å². The minimum absolute atomic E-state index is 0.0754. The second kappa shape index (κ2) is 5.27. The van der Waals surface area contributed by atoms with Gasteiger partial charge in [-0.15, -0.1) is 0 Å². The average Bonchev–Trinajstić information content (AvgIpc) is 2.86. The molecule has 2 rings (SSSR count). The van der Waals surface area contributed by atoms with Gasteiger partial charge in [0.15, 0.2) is 0 Å². The Labute approximate surface area is 115 Å². The molecule has 4 nitrogen and oxygen atoms in total. The molecule has 1 aliphatic rings. The van der Waals surface area contributed by atoms with Crippen LogP contribution in [0, 0.1) is 5.92 Å². The van der Waals surface area contributed by atoms with Gasteiger partial charge in [0, 0.05) is 18.4 Å². The Morgan fingerprint density at radius 1 is 1.42 bits per heavy atom. The highest BCUT2D eigenvalue weighted by Gasteiger charge is 2.48. The molecule has 0 aromatic carbocycles. The molecule has 0 saturated carbocycles. The highest BCUT2D eigenvalue weighted by molar-refractivity contribution is 5.02. The predicted molar refractivity (Wildman–Crippen MR) is 75.5 cm³/mol. The molecule has 3 N–H and O–H groups in total. The Kier molecular flexibility index (Phi) is 4.04. The molecule has 0 radical (unpaired) electrons. The maximum atomic E-state index is 6.15. The fraction of sp³-hybridized carbons (Fsp3) is 0.733. The van der Waals surface area contributed by atoms with E-state index in [-0.39, 0.29) is 17.2 Å². The first-order valence-corrected chi connectivity index (χ1v) is 7.03. The molecule has 0 bridgehead atoms. The van der Waals surface area contributed by atoms with Crippen molar-refractivity contribution in [3.8, 4) is 0 Å². The molecule has 0 spiro atoms. The van der Waals surface area contributed by atoms with Crippen LogP contribution in [0.1, 0.15) is 46.3 Å². The number of furan rings is 1. The van der Waals surface area contributed by atoms with E-state index in [4.69, 9.17) is 15.0 Å². The molecular formula is C15H26N2O2. The zero-order chi connectivity index (χ0) is 14.1. The quantitative estimate of drug-likeness (QED) is 0.635. The van der Waals surface area contributed by atoms with Crippen LogP contribution in [0.3, 0.4) is 0 Å². The second-order valence-electron chi connectivity index (χ2n) is 6.67. The number of hydrazine groups is 1. The first kappa shape index (κ1) is 14.6. The lowest BCUT2D eigenvalue weighted by molar-refractivity contribution is -0.0779. The predicted octanol–water partition coefficient (Wildman–Crippen LogP) is 2.64. The van der Waals surface area contributed by atoms with E-state index in [9.17, 15) is 0 Å². The van der Waals surface area contributed by atoms with Crippen molar-refractivity contribution >= 4 is 0 Å². The standard InChI is InChI=1S/C15H26N2O2/c1-14(2)10-12(15(3,4)19-14)13(17-16)8-7-11-6-5-9-18-11/h5-6,9,12-13,17H,7-8,10,16H2,1-4H3. The lowest BCUT2D eigenvalue weighted by Crippen LogP contribution is -2.47. The van der Waals surface area contributed by atoms with Crippen molar-refractivity contribution in [3.05, 3.63) is 24.2 Å². The number of nitrogens with one attached hydrogen (secondary N) is 1. The maximum absolute atomic E-state index is 6.15. The molecule has 0 aliphatic carbocycles. The smallest absolute Gasteiger partial charge is 0.103 e. The number of hydrogen-bond acceptors (Lipinski definition) is 4. The van der Waals surface area contributed by atoms with Crippen molar-refractivity contribution in [3.63, 3.8) is 0 Å². The molecular weight excluding hydrogens is 240 g/mol. The Bertz CT molecular complexity index is 398. The Hall–Kier alpha value is -0.840. The van der Waals surface area contributed by atoms with Crippen LogP contribution in [0.4, 0.5) is 0 Å². The average molecular weight is 266 g/mol. The Morgan fingerprint density at radius 3 is 2.63 bits per heavy atom. The van der Waals surface area contributed by atoms with Gasteiger partial charge in [0.2, 0.25) is 0 Å². The molecule has 1 fully saturated rings. The fourth-order valence-corrected chi connectivity index (χ4v) is 3.38. The summed E-state index contributed by atoms with van der Waals surface area (Å²) in [7, 11) is 0. The SMILES string of the molecule is CC1(C)CC(C(CCc2ccco2)NN)C(C)(C)O1. The van der Waals surface area contributed by atoms with E-state index in [1.807, 2.05) is 12.1 Å². The van der Waals surface area contributed by atoms with Gasteiger partial charge in [0.1, 0.15) is 5.76 Å². The zero-order valence-corrected chi connectivity index (χ0v) is 12.4. The van der Waals surface area contributed by atoms with Crippen molar-refractivity contribution < 1.29 is 9.15 Å². The van der Waals surface area contributed by atoms with Gasteiger partial charge in [0.25, 0.3) is 0 Å². The van der Waals surface area contributed by atoms with Crippen LogP contribution >= 0.6 is 0 Å². The van der Waals surface area contributed by atoms with E-state index >= 15 is 0 Å². The van der Waals surface area contributed by atoms with E-state index in [1.54, 1.807) is 6.26 Å². The molecule has 2 heterocycles. The summed E-state index contributed by atoms with van der Waals surface area (Å²) in [5, 5.41) is 0. The van der Waals surface area contributed by atoms with Crippen LogP contribution in [0.5, 0.6) is 0 Å². The number of rotatable bonds is 5. The molecule has 2 unspecified atom stereocenters. The zero-order valence-electron chi connectivity index (χ0n) is 12.4. The largest absolute Gasteiger partial charge is 0.469 e. The monoisotopic (exact) mass is 266 g/mol. The van der Waals surface area contributed by atoms with Crippen molar-refractivity contribution in [2.75, 3.05) is 0 Å². The van der Waals surface area contributed by atoms with Gasteiger partial charge in [-0.3, -0.25) is 11.3 Å². The van der Waals surface area contributed by atoms with E-state index in [1.165, 1.54) is 0 Å². The number of ether oxygens (including phenoxy) is 1. The molecule has 19 heavy (non-hydrogen) atoms. The van der Waals surface area contributed by atoms with Crippen LogP contribution in [0.25, 0.3) is 0 Å². The third-order valence-electron chi connectivity index (χ3n) is 4.13. The molecule has 2 atom stereocenters. The van der Waals surface area contributed by atoms with Gasteiger partial charge >= 0.3 is 0 Å². The second-order valence-corrected chi connectivity index (χ2v) is 6.67. The third kappa shape index (κ3) is 3.38. The normalized spacial score (nSPS) is 26.5.